The Morgan fingerprint density at radius 3 is 2.74 bits per heavy atom. The van der Waals surface area contributed by atoms with Gasteiger partial charge in [0.25, 0.3) is 0 Å². The van der Waals surface area contributed by atoms with E-state index in [2.05, 4.69) is 5.32 Å². The zero-order valence-corrected chi connectivity index (χ0v) is 11.6. The van der Waals surface area contributed by atoms with E-state index in [1.54, 1.807) is 23.5 Å². The second-order valence-corrected chi connectivity index (χ2v) is 5.20. The van der Waals surface area contributed by atoms with Gasteiger partial charge in [0, 0.05) is 16.6 Å². The van der Waals surface area contributed by atoms with Crippen LogP contribution in [-0.2, 0) is 4.79 Å². The lowest BCUT2D eigenvalue weighted by Gasteiger charge is -2.05. The molecule has 2 rings (SSSR count). The standard InChI is InChI=1S/C15H14FNOS/c1-10-3-4-12(16)9-13(10)17-15(18)6-5-14-11(2)7-8-19-14/h3-9H,1-2H3,(H,17,18)/b6-5+. The fourth-order valence-electron chi connectivity index (χ4n) is 1.61. The zero-order valence-electron chi connectivity index (χ0n) is 10.7. The molecule has 0 radical (unpaired) electrons. The van der Waals surface area contributed by atoms with Crippen molar-refractivity contribution in [1.82, 2.24) is 0 Å². The van der Waals surface area contributed by atoms with Gasteiger partial charge in [0.15, 0.2) is 0 Å². The third-order valence-corrected chi connectivity index (χ3v) is 3.73. The average molecular weight is 275 g/mol. The second-order valence-electron chi connectivity index (χ2n) is 4.25. The van der Waals surface area contributed by atoms with Crippen LogP contribution in [0.1, 0.15) is 16.0 Å². The Kier molecular flexibility index (Phi) is 4.12. The number of rotatable bonds is 3. The molecule has 0 aliphatic heterocycles. The lowest BCUT2D eigenvalue weighted by atomic mass is 10.2. The minimum Gasteiger partial charge on any atom is -0.322 e. The predicted octanol–water partition coefficient (Wildman–Crippen LogP) is 4.16. The molecule has 1 aromatic carbocycles. The molecule has 0 spiro atoms. The number of aryl methyl sites for hydroxylation is 2. The summed E-state index contributed by atoms with van der Waals surface area (Å²) in [4.78, 5) is 12.8. The quantitative estimate of drug-likeness (QED) is 0.837. The van der Waals surface area contributed by atoms with Crippen LogP contribution < -0.4 is 5.32 Å². The number of nitrogens with one attached hydrogen (secondary N) is 1. The predicted molar refractivity (Wildman–Crippen MR) is 77.9 cm³/mol. The molecule has 0 bridgehead atoms. The first kappa shape index (κ1) is 13.5. The molecule has 1 heterocycles. The van der Waals surface area contributed by atoms with Crippen LogP contribution >= 0.6 is 11.3 Å². The normalized spacial score (nSPS) is 10.9. The highest BCUT2D eigenvalue weighted by Crippen LogP contribution is 2.18. The Balaban J connectivity index is 2.07. The van der Waals surface area contributed by atoms with Gasteiger partial charge in [-0.3, -0.25) is 4.79 Å². The molecule has 0 aliphatic carbocycles. The number of halogens is 1. The van der Waals surface area contributed by atoms with Crippen LogP contribution in [0.3, 0.4) is 0 Å². The van der Waals surface area contributed by atoms with Crippen LogP contribution in [0.25, 0.3) is 6.08 Å². The first-order chi connectivity index (χ1) is 9.06. The number of thiophene rings is 1. The highest BCUT2D eigenvalue weighted by atomic mass is 32.1. The molecule has 19 heavy (non-hydrogen) atoms. The van der Waals surface area contributed by atoms with Crippen LogP contribution in [0.4, 0.5) is 10.1 Å². The number of hydrogen-bond donors (Lipinski definition) is 1. The van der Waals surface area contributed by atoms with E-state index in [4.69, 9.17) is 0 Å². The number of anilines is 1. The first-order valence-corrected chi connectivity index (χ1v) is 6.73. The van der Waals surface area contributed by atoms with E-state index in [0.717, 1.165) is 16.0 Å². The average Bonchev–Trinajstić information content (AvgIpc) is 2.77. The summed E-state index contributed by atoms with van der Waals surface area (Å²) in [7, 11) is 0. The fraction of sp³-hybridized carbons (Fsp3) is 0.133. The van der Waals surface area contributed by atoms with Crippen molar-refractivity contribution in [3.63, 3.8) is 0 Å². The van der Waals surface area contributed by atoms with Gasteiger partial charge in [0.2, 0.25) is 5.91 Å². The smallest absolute Gasteiger partial charge is 0.248 e. The minimum absolute atomic E-state index is 0.262. The monoisotopic (exact) mass is 275 g/mol. The molecule has 0 saturated heterocycles. The maximum absolute atomic E-state index is 13.1. The Morgan fingerprint density at radius 1 is 1.26 bits per heavy atom. The Labute approximate surface area is 115 Å². The van der Waals surface area contributed by atoms with Gasteiger partial charge in [-0.1, -0.05) is 6.07 Å². The molecule has 1 N–H and O–H groups in total. The van der Waals surface area contributed by atoms with Gasteiger partial charge >= 0.3 is 0 Å². The van der Waals surface area contributed by atoms with Gasteiger partial charge in [0.1, 0.15) is 5.82 Å². The van der Waals surface area contributed by atoms with Gasteiger partial charge in [-0.25, -0.2) is 4.39 Å². The van der Waals surface area contributed by atoms with Crippen LogP contribution in [0.5, 0.6) is 0 Å². The molecule has 98 valence electrons. The molecule has 4 heteroatoms. The van der Waals surface area contributed by atoms with E-state index in [-0.39, 0.29) is 11.7 Å². The van der Waals surface area contributed by atoms with E-state index >= 15 is 0 Å². The van der Waals surface area contributed by atoms with Gasteiger partial charge in [0.05, 0.1) is 0 Å². The fourth-order valence-corrected chi connectivity index (χ4v) is 2.43. The Morgan fingerprint density at radius 2 is 2.05 bits per heavy atom. The lowest BCUT2D eigenvalue weighted by Crippen LogP contribution is -2.09. The summed E-state index contributed by atoms with van der Waals surface area (Å²) in [5.41, 5.74) is 2.46. The summed E-state index contributed by atoms with van der Waals surface area (Å²) in [5.74, 6) is -0.625. The van der Waals surface area contributed by atoms with Crippen LogP contribution in [0.2, 0.25) is 0 Å². The number of amides is 1. The van der Waals surface area contributed by atoms with Crippen LogP contribution in [0.15, 0.2) is 35.7 Å². The zero-order chi connectivity index (χ0) is 13.8. The van der Waals surface area contributed by atoms with E-state index in [1.165, 1.54) is 18.2 Å². The minimum atomic E-state index is -0.362. The van der Waals surface area contributed by atoms with Gasteiger partial charge in [-0.05, 0) is 54.6 Å². The summed E-state index contributed by atoms with van der Waals surface area (Å²) in [6.45, 7) is 3.81. The van der Waals surface area contributed by atoms with E-state index in [0.29, 0.717) is 5.69 Å². The van der Waals surface area contributed by atoms with Crippen LogP contribution in [0, 0.1) is 19.7 Å². The molecule has 2 aromatic rings. The highest BCUT2D eigenvalue weighted by molar-refractivity contribution is 7.11. The maximum atomic E-state index is 13.1. The largest absolute Gasteiger partial charge is 0.322 e. The van der Waals surface area contributed by atoms with Crippen molar-refractivity contribution in [3.8, 4) is 0 Å². The molecular formula is C15H14FNOS. The van der Waals surface area contributed by atoms with Crippen molar-refractivity contribution < 1.29 is 9.18 Å². The number of carbonyl (C=O) groups is 1. The van der Waals surface area contributed by atoms with Crippen molar-refractivity contribution in [2.24, 2.45) is 0 Å². The van der Waals surface area contributed by atoms with Crippen LogP contribution in [-0.4, -0.2) is 5.91 Å². The van der Waals surface area contributed by atoms with Crippen molar-refractivity contribution in [3.05, 3.63) is 57.5 Å². The Bertz CT molecular complexity index is 631. The molecule has 0 aliphatic rings. The molecule has 1 amide bonds. The lowest BCUT2D eigenvalue weighted by molar-refractivity contribution is -0.111. The maximum Gasteiger partial charge on any atom is 0.248 e. The summed E-state index contributed by atoms with van der Waals surface area (Å²) in [6, 6.07) is 6.32. The number of carbonyl (C=O) groups excluding carboxylic acids is 1. The summed E-state index contributed by atoms with van der Waals surface area (Å²) in [5, 5.41) is 4.65. The second kappa shape index (κ2) is 5.80. The third-order valence-electron chi connectivity index (χ3n) is 2.75. The van der Waals surface area contributed by atoms with E-state index < -0.39 is 0 Å². The van der Waals surface area contributed by atoms with Crippen molar-refractivity contribution >= 4 is 29.0 Å². The molecule has 2 nitrogen and oxygen atoms in total. The van der Waals surface area contributed by atoms with Crippen molar-refractivity contribution in [2.75, 3.05) is 5.32 Å². The van der Waals surface area contributed by atoms with Gasteiger partial charge < -0.3 is 5.32 Å². The summed E-state index contributed by atoms with van der Waals surface area (Å²) < 4.78 is 13.1. The van der Waals surface area contributed by atoms with Crippen molar-refractivity contribution in [2.45, 2.75) is 13.8 Å². The molecule has 0 saturated carbocycles. The molecular weight excluding hydrogens is 261 g/mol. The highest BCUT2D eigenvalue weighted by Gasteiger charge is 2.03. The van der Waals surface area contributed by atoms with Crippen molar-refractivity contribution in [1.29, 1.82) is 0 Å². The first-order valence-electron chi connectivity index (χ1n) is 5.85. The molecule has 0 unspecified atom stereocenters. The third kappa shape index (κ3) is 3.51. The van der Waals surface area contributed by atoms with E-state index in [1.807, 2.05) is 25.3 Å². The topological polar surface area (TPSA) is 29.1 Å². The summed E-state index contributed by atoms with van der Waals surface area (Å²) in [6.07, 6.45) is 3.23. The summed E-state index contributed by atoms with van der Waals surface area (Å²) >= 11 is 1.58. The Hall–Kier alpha value is -1.94. The molecule has 0 fully saturated rings. The molecule has 1 aromatic heterocycles. The number of benzene rings is 1. The number of hydrogen-bond acceptors (Lipinski definition) is 2. The molecule has 0 atom stereocenters. The SMILES string of the molecule is Cc1ccc(F)cc1NC(=O)/C=C/c1sccc1C. The van der Waals surface area contributed by atoms with E-state index in [9.17, 15) is 9.18 Å². The van der Waals surface area contributed by atoms with Gasteiger partial charge in [-0.15, -0.1) is 11.3 Å². The van der Waals surface area contributed by atoms with Gasteiger partial charge in [-0.2, -0.15) is 0 Å².